The zero-order valence-electron chi connectivity index (χ0n) is 14.5. The highest BCUT2D eigenvalue weighted by Gasteiger charge is 2.12. The maximum atomic E-state index is 11.0. The van der Waals surface area contributed by atoms with Crippen LogP contribution in [0.3, 0.4) is 0 Å². The van der Waals surface area contributed by atoms with Crippen molar-refractivity contribution in [2.45, 2.75) is 6.61 Å². The molecule has 0 saturated carbocycles. The van der Waals surface area contributed by atoms with E-state index >= 15 is 0 Å². The molecule has 0 amide bonds. The molecule has 8 heteroatoms. The SMILES string of the molecule is COCCOc1ccc(OCc2nc3ccc(C(=O)O)cc3o2)c(C#N)c1. The molecule has 3 rings (SSSR count). The van der Waals surface area contributed by atoms with Crippen molar-refractivity contribution in [3.63, 3.8) is 0 Å². The zero-order chi connectivity index (χ0) is 19.2. The second-order valence-electron chi connectivity index (χ2n) is 5.49. The number of fused-ring (bicyclic) bond motifs is 1. The second kappa shape index (κ2) is 8.21. The maximum absolute atomic E-state index is 11.0. The number of aromatic nitrogens is 1. The molecule has 2 aromatic carbocycles. The van der Waals surface area contributed by atoms with Crippen molar-refractivity contribution in [1.29, 1.82) is 5.26 Å². The summed E-state index contributed by atoms with van der Waals surface area (Å²) in [5.41, 5.74) is 1.31. The Kier molecular flexibility index (Phi) is 5.54. The molecule has 3 aromatic rings. The molecule has 0 atom stereocenters. The lowest BCUT2D eigenvalue weighted by Gasteiger charge is -2.09. The van der Waals surface area contributed by atoms with Gasteiger partial charge in [0.15, 0.2) is 12.2 Å². The molecule has 138 valence electrons. The van der Waals surface area contributed by atoms with E-state index in [-0.39, 0.29) is 18.1 Å². The number of hydrogen-bond acceptors (Lipinski definition) is 7. The first-order valence-electron chi connectivity index (χ1n) is 8.02. The number of nitrogens with zero attached hydrogens (tertiary/aromatic N) is 2. The Hall–Kier alpha value is -3.57. The number of aromatic carboxylic acids is 1. The molecular formula is C19H16N2O6. The molecule has 0 bridgehead atoms. The van der Waals surface area contributed by atoms with Gasteiger partial charge in [0.05, 0.1) is 17.7 Å². The summed E-state index contributed by atoms with van der Waals surface area (Å²) in [6.07, 6.45) is 0. The summed E-state index contributed by atoms with van der Waals surface area (Å²) in [4.78, 5) is 15.3. The van der Waals surface area contributed by atoms with Crippen molar-refractivity contribution in [3.8, 4) is 17.6 Å². The maximum Gasteiger partial charge on any atom is 0.335 e. The van der Waals surface area contributed by atoms with E-state index in [4.69, 9.17) is 23.7 Å². The van der Waals surface area contributed by atoms with Crippen LogP contribution in [0.5, 0.6) is 11.5 Å². The number of nitriles is 1. The molecule has 0 aliphatic rings. The summed E-state index contributed by atoms with van der Waals surface area (Å²) in [5, 5.41) is 18.3. The van der Waals surface area contributed by atoms with Gasteiger partial charge in [-0.2, -0.15) is 5.26 Å². The van der Waals surface area contributed by atoms with Crippen LogP contribution in [0.25, 0.3) is 11.1 Å². The normalized spacial score (nSPS) is 10.5. The van der Waals surface area contributed by atoms with Gasteiger partial charge >= 0.3 is 5.97 Å². The highest BCUT2D eigenvalue weighted by molar-refractivity contribution is 5.91. The van der Waals surface area contributed by atoms with Crippen molar-refractivity contribution < 1.29 is 28.5 Å². The standard InChI is InChI=1S/C19H16N2O6/c1-24-6-7-25-14-3-5-16(13(8-14)10-20)26-11-18-21-15-4-2-12(19(22)23)9-17(15)27-18/h2-5,8-9H,6-7,11H2,1H3,(H,22,23). The zero-order valence-corrected chi connectivity index (χ0v) is 14.5. The Morgan fingerprint density at radius 3 is 2.81 bits per heavy atom. The Morgan fingerprint density at radius 2 is 2.07 bits per heavy atom. The van der Waals surface area contributed by atoms with Gasteiger partial charge in [-0.1, -0.05) is 0 Å². The van der Waals surface area contributed by atoms with Gasteiger partial charge in [0.25, 0.3) is 0 Å². The fourth-order valence-electron chi connectivity index (χ4n) is 2.36. The van der Waals surface area contributed by atoms with Gasteiger partial charge in [-0.05, 0) is 30.3 Å². The number of methoxy groups -OCH3 is 1. The van der Waals surface area contributed by atoms with E-state index in [9.17, 15) is 10.1 Å². The minimum Gasteiger partial charge on any atom is -0.491 e. The van der Waals surface area contributed by atoms with E-state index in [1.165, 1.54) is 12.1 Å². The number of benzene rings is 2. The van der Waals surface area contributed by atoms with Crippen molar-refractivity contribution >= 4 is 17.1 Å². The van der Waals surface area contributed by atoms with Crippen molar-refractivity contribution in [1.82, 2.24) is 4.98 Å². The summed E-state index contributed by atoms with van der Waals surface area (Å²) in [6, 6.07) is 11.4. The molecule has 0 aliphatic heterocycles. The predicted molar refractivity (Wildman–Crippen MR) is 93.8 cm³/mol. The van der Waals surface area contributed by atoms with Gasteiger partial charge in [0.2, 0.25) is 5.89 Å². The first-order chi connectivity index (χ1) is 13.1. The van der Waals surface area contributed by atoms with E-state index < -0.39 is 5.97 Å². The Balaban J connectivity index is 1.71. The average molecular weight is 368 g/mol. The van der Waals surface area contributed by atoms with Crippen molar-refractivity contribution in [3.05, 3.63) is 53.4 Å². The molecule has 0 fully saturated rings. The molecule has 27 heavy (non-hydrogen) atoms. The van der Waals surface area contributed by atoms with Crippen LogP contribution in [0, 0.1) is 11.3 Å². The first-order valence-corrected chi connectivity index (χ1v) is 8.02. The van der Waals surface area contributed by atoms with Crippen LogP contribution >= 0.6 is 0 Å². The lowest BCUT2D eigenvalue weighted by atomic mass is 10.2. The van der Waals surface area contributed by atoms with E-state index in [1.807, 2.05) is 0 Å². The summed E-state index contributed by atoms with van der Waals surface area (Å²) >= 11 is 0. The average Bonchev–Trinajstić information content (AvgIpc) is 3.09. The summed E-state index contributed by atoms with van der Waals surface area (Å²) in [6.45, 7) is 0.819. The lowest BCUT2D eigenvalue weighted by Crippen LogP contribution is -2.04. The number of carboxylic acid groups (broad SMARTS) is 1. The molecular weight excluding hydrogens is 352 g/mol. The quantitative estimate of drug-likeness (QED) is 0.603. The van der Waals surface area contributed by atoms with E-state index in [0.717, 1.165) is 0 Å². The number of hydrogen-bond donors (Lipinski definition) is 1. The molecule has 1 heterocycles. The van der Waals surface area contributed by atoms with Gasteiger partial charge in [-0.25, -0.2) is 9.78 Å². The predicted octanol–water partition coefficient (Wildman–Crippen LogP) is 3.00. The van der Waals surface area contributed by atoms with Crippen LogP contribution in [-0.4, -0.2) is 36.4 Å². The van der Waals surface area contributed by atoms with Crippen molar-refractivity contribution in [2.75, 3.05) is 20.3 Å². The molecule has 1 N–H and O–H groups in total. The Morgan fingerprint density at radius 1 is 1.22 bits per heavy atom. The third kappa shape index (κ3) is 4.34. The molecule has 0 saturated heterocycles. The largest absolute Gasteiger partial charge is 0.491 e. The molecule has 8 nitrogen and oxygen atoms in total. The van der Waals surface area contributed by atoms with Gasteiger partial charge in [0, 0.05) is 13.2 Å². The van der Waals surface area contributed by atoms with Gasteiger partial charge < -0.3 is 23.7 Å². The van der Waals surface area contributed by atoms with E-state index in [0.29, 0.717) is 41.4 Å². The van der Waals surface area contributed by atoms with Gasteiger partial charge in [-0.15, -0.1) is 0 Å². The van der Waals surface area contributed by atoms with Crippen LogP contribution in [0.2, 0.25) is 0 Å². The smallest absolute Gasteiger partial charge is 0.335 e. The first kappa shape index (κ1) is 18.2. The molecule has 0 unspecified atom stereocenters. The van der Waals surface area contributed by atoms with Crippen molar-refractivity contribution in [2.24, 2.45) is 0 Å². The number of rotatable bonds is 8. The van der Waals surface area contributed by atoms with Gasteiger partial charge in [-0.3, -0.25) is 0 Å². The minimum absolute atomic E-state index is 0.00432. The molecule has 1 aromatic heterocycles. The molecule has 0 spiro atoms. The van der Waals surface area contributed by atoms with Gasteiger partial charge in [0.1, 0.15) is 29.7 Å². The topological polar surface area (TPSA) is 115 Å². The number of carboxylic acids is 1. The fraction of sp³-hybridized carbons (Fsp3) is 0.211. The molecule has 0 radical (unpaired) electrons. The summed E-state index contributed by atoms with van der Waals surface area (Å²) < 4.78 is 21.5. The second-order valence-corrected chi connectivity index (χ2v) is 5.49. The number of oxazole rings is 1. The highest BCUT2D eigenvalue weighted by atomic mass is 16.5. The van der Waals surface area contributed by atoms with E-state index in [1.54, 1.807) is 31.4 Å². The fourth-order valence-corrected chi connectivity index (χ4v) is 2.36. The Labute approximate surface area is 154 Å². The van der Waals surface area contributed by atoms with Crippen LogP contribution in [-0.2, 0) is 11.3 Å². The Bertz CT molecular complexity index is 1010. The van der Waals surface area contributed by atoms with Crippen LogP contribution in [0.1, 0.15) is 21.8 Å². The third-order valence-electron chi connectivity index (χ3n) is 3.66. The van der Waals surface area contributed by atoms with E-state index in [2.05, 4.69) is 11.1 Å². The third-order valence-corrected chi connectivity index (χ3v) is 3.66. The lowest BCUT2D eigenvalue weighted by molar-refractivity contribution is 0.0697. The summed E-state index contributed by atoms with van der Waals surface area (Å²) in [5.74, 6) is 0.138. The number of ether oxygens (including phenoxy) is 3. The number of carbonyl (C=O) groups is 1. The minimum atomic E-state index is -1.04. The van der Waals surface area contributed by atoms with Crippen LogP contribution in [0.15, 0.2) is 40.8 Å². The monoisotopic (exact) mass is 368 g/mol. The van der Waals surface area contributed by atoms with Crippen LogP contribution in [0.4, 0.5) is 0 Å². The molecule has 0 aliphatic carbocycles. The van der Waals surface area contributed by atoms with Crippen LogP contribution < -0.4 is 9.47 Å². The highest BCUT2D eigenvalue weighted by Crippen LogP contribution is 2.25. The summed E-state index contributed by atoms with van der Waals surface area (Å²) in [7, 11) is 1.58.